The van der Waals surface area contributed by atoms with Crippen LogP contribution in [0.4, 0.5) is 4.39 Å². The van der Waals surface area contributed by atoms with Gasteiger partial charge < -0.3 is 9.64 Å². The molecule has 1 aliphatic heterocycles. The molecule has 1 atom stereocenters. The van der Waals surface area contributed by atoms with Crippen LogP contribution >= 0.6 is 23.2 Å². The van der Waals surface area contributed by atoms with Gasteiger partial charge in [0.15, 0.2) is 0 Å². The van der Waals surface area contributed by atoms with Gasteiger partial charge in [-0.05, 0) is 41.8 Å². The molecule has 0 fully saturated rings. The first-order valence-electron chi connectivity index (χ1n) is 9.67. The van der Waals surface area contributed by atoms with Gasteiger partial charge in [0.2, 0.25) is 0 Å². The fraction of sp³-hybridized carbons (Fsp3) is 0.208. The number of nitrogens with zero attached hydrogens (tertiary/aromatic N) is 1. The number of amides is 1. The van der Waals surface area contributed by atoms with Crippen LogP contribution in [0.15, 0.2) is 66.7 Å². The van der Waals surface area contributed by atoms with Crippen molar-refractivity contribution in [1.82, 2.24) is 4.90 Å². The molecular formula is C24H20Cl2FNO2. The Hall–Kier alpha value is -2.40. The molecule has 0 aromatic heterocycles. The first kappa shape index (κ1) is 20.9. The highest BCUT2D eigenvalue weighted by molar-refractivity contribution is 6.42. The van der Waals surface area contributed by atoms with Crippen LogP contribution in [0.1, 0.15) is 27.0 Å². The van der Waals surface area contributed by atoms with E-state index in [1.807, 2.05) is 18.2 Å². The Morgan fingerprint density at radius 3 is 2.50 bits per heavy atom. The Kier molecular flexibility index (Phi) is 6.38. The van der Waals surface area contributed by atoms with E-state index < -0.39 is 0 Å². The highest BCUT2D eigenvalue weighted by Crippen LogP contribution is 2.28. The summed E-state index contributed by atoms with van der Waals surface area (Å²) in [5.41, 5.74) is 3.27. The van der Waals surface area contributed by atoms with Gasteiger partial charge in [-0.3, -0.25) is 4.79 Å². The van der Waals surface area contributed by atoms with Gasteiger partial charge in [-0.2, -0.15) is 0 Å². The third kappa shape index (κ3) is 4.51. The van der Waals surface area contributed by atoms with Crippen LogP contribution in [0.3, 0.4) is 0 Å². The van der Waals surface area contributed by atoms with Crippen LogP contribution in [0, 0.1) is 5.82 Å². The van der Waals surface area contributed by atoms with Gasteiger partial charge in [0.1, 0.15) is 5.82 Å². The smallest absolute Gasteiger partial charge is 0.254 e. The van der Waals surface area contributed by atoms with E-state index in [0.717, 1.165) is 5.56 Å². The molecule has 0 N–H and O–H groups in total. The van der Waals surface area contributed by atoms with Crippen molar-refractivity contribution >= 4 is 29.1 Å². The van der Waals surface area contributed by atoms with E-state index in [0.29, 0.717) is 40.7 Å². The molecule has 0 radical (unpaired) electrons. The molecule has 30 heavy (non-hydrogen) atoms. The lowest BCUT2D eigenvalue weighted by molar-refractivity contribution is 0.0319. The van der Waals surface area contributed by atoms with Gasteiger partial charge in [-0.25, -0.2) is 4.39 Å². The quantitative estimate of drug-likeness (QED) is 0.489. The van der Waals surface area contributed by atoms with Crippen molar-refractivity contribution in [3.63, 3.8) is 0 Å². The van der Waals surface area contributed by atoms with Crippen LogP contribution in [0.25, 0.3) is 0 Å². The fourth-order valence-electron chi connectivity index (χ4n) is 3.69. The van der Waals surface area contributed by atoms with Crippen LogP contribution in [-0.2, 0) is 24.3 Å². The molecule has 1 amide bonds. The van der Waals surface area contributed by atoms with Gasteiger partial charge in [0, 0.05) is 17.7 Å². The predicted molar refractivity (Wildman–Crippen MR) is 116 cm³/mol. The van der Waals surface area contributed by atoms with Gasteiger partial charge in [0.05, 0.1) is 29.3 Å². The third-order valence-electron chi connectivity index (χ3n) is 5.31. The fourth-order valence-corrected chi connectivity index (χ4v) is 3.99. The third-order valence-corrected chi connectivity index (χ3v) is 6.05. The number of fused-ring (bicyclic) bond motifs is 1. The molecule has 0 aliphatic carbocycles. The van der Waals surface area contributed by atoms with E-state index in [2.05, 4.69) is 6.07 Å². The molecule has 0 saturated carbocycles. The number of rotatable bonds is 5. The molecule has 1 heterocycles. The minimum Gasteiger partial charge on any atom is -0.375 e. The second-order valence-electron chi connectivity index (χ2n) is 7.30. The minimum atomic E-state index is -0.296. The zero-order chi connectivity index (χ0) is 21.1. The van der Waals surface area contributed by atoms with E-state index in [4.69, 9.17) is 27.9 Å². The monoisotopic (exact) mass is 443 g/mol. The van der Waals surface area contributed by atoms with Crippen molar-refractivity contribution in [2.45, 2.75) is 25.6 Å². The van der Waals surface area contributed by atoms with Crippen LogP contribution in [0.5, 0.6) is 0 Å². The number of halogens is 3. The van der Waals surface area contributed by atoms with Crippen molar-refractivity contribution < 1.29 is 13.9 Å². The minimum absolute atomic E-state index is 0.137. The Morgan fingerprint density at radius 2 is 1.73 bits per heavy atom. The largest absolute Gasteiger partial charge is 0.375 e. The lowest BCUT2D eigenvalue weighted by atomic mass is 9.93. The Labute approximate surface area is 185 Å². The number of hydrogen-bond acceptors (Lipinski definition) is 2. The zero-order valence-electron chi connectivity index (χ0n) is 16.2. The molecule has 0 saturated heterocycles. The molecule has 1 aliphatic rings. The molecular weight excluding hydrogens is 424 g/mol. The molecule has 3 aromatic carbocycles. The van der Waals surface area contributed by atoms with Crippen LogP contribution < -0.4 is 0 Å². The summed E-state index contributed by atoms with van der Waals surface area (Å²) in [4.78, 5) is 15.1. The molecule has 4 rings (SSSR count). The van der Waals surface area contributed by atoms with Crippen molar-refractivity contribution in [2.24, 2.45) is 0 Å². The molecule has 3 nitrogen and oxygen atoms in total. The van der Waals surface area contributed by atoms with Gasteiger partial charge in [-0.1, -0.05) is 65.7 Å². The van der Waals surface area contributed by atoms with Gasteiger partial charge in [-0.15, -0.1) is 0 Å². The lowest BCUT2D eigenvalue weighted by Gasteiger charge is -2.37. The highest BCUT2D eigenvalue weighted by atomic mass is 35.5. The molecule has 3 aromatic rings. The number of ether oxygens (including phenoxy) is 1. The number of benzene rings is 3. The molecule has 0 spiro atoms. The Balaban J connectivity index is 1.54. The van der Waals surface area contributed by atoms with Crippen LogP contribution in [-0.4, -0.2) is 23.5 Å². The predicted octanol–water partition coefficient (Wildman–Crippen LogP) is 5.92. The van der Waals surface area contributed by atoms with Gasteiger partial charge in [0.25, 0.3) is 5.91 Å². The second kappa shape index (κ2) is 9.17. The van der Waals surface area contributed by atoms with Crippen molar-refractivity contribution in [3.05, 3.63) is 105 Å². The molecule has 154 valence electrons. The summed E-state index contributed by atoms with van der Waals surface area (Å²) in [6.45, 7) is 0.929. The van der Waals surface area contributed by atoms with E-state index in [1.54, 1.807) is 41.3 Å². The SMILES string of the molecule is O=C(c1ccc(Cl)c(Cl)c1)N1Cc2ccccc2C[C@H]1COCc1ccccc1F. The van der Waals surface area contributed by atoms with Crippen molar-refractivity contribution in [3.8, 4) is 0 Å². The van der Waals surface area contributed by atoms with E-state index in [1.165, 1.54) is 11.6 Å². The summed E-state index contributed by atoms with van der Waals surface area (Å²) in [6.07, 6.45) is 0.667. The number of hydrogen-bond donors (Lipinski definition) is 0. The summed E-state index contributed by atoms with van der Waals surface area (Å²) >= 11 is 12.1. The molecule has 0 bridgehead atoms. The number of carbonyl (C=O) groups excluding carboxylic acids is 1. The lowest BCUT2D eigenvalue weighted by Crippen LogP contribution is -2.46. The average molecular weight is 444 g/mol. The van der Waals surface area contributed by atoms with Gasteiger partial charge >= 0.3 is 0 Å². The highest BCUT2D eigenvalue weighted by Gasteiger charge is 2.30. The summed E-state index contributed by atoms with van der Waals surface area (Å²) in [5, 5.41) is 0.745. The molecule has 0 unspecified atom stereocenters. The topological polar surface area (TPSA) is 29.5 Å². The second-order valence-corrected chi connectivity index (χ2v) is 8.11. The average Bonchev–Trinajstić information content (AvgIpc) is 2.76. The Morgan fingerprint density at radius 1 is 1.00 bits per heavy atom. The van der Waals surface area contributed by atoms with Crippen molar-refractivity contribution in [1.29, 1.82) is 0 Å². The first-order valence-corrected chi connectivity index (χ1v) is 10.4. The maximum Gasteiger partial charge on any atom is 0.254 e. The van der Waals surface area contributed by atoms with E-state index in [-0.39, 0.29) is 24.4 Å². The summed E-state index contributed by atoms with van der Waals surface area (Å²) < 4.78 is 19.7. The summed E-state index contributed by atoms with van der Waals surface area (Å²) in [5.74, 6) is -0.433. The maximum atomic E-state index is 13.9. The van der Waals surface area contributed by atoms with E-state index >= 15 is 0 Å². The summed E-state index contributed by atoms with van der Waals surface area (Å²) in [6, 6.07) is 19.3. The zero-order valence-corrected chi connectivity index (χ0v) is 17.7. The first-order chi connectivity index (χ1) is 14.5. The van der Waals surface area contributed by atoms with E-state index in [9.17, 15) is 9.18 Å². The van der Waals surface area contributed by atoms with Crippen molar-refractivity contribution in [2.75, 3.05) is 6.61 Å². The standard InChI is InChI=1S/C24H20Cl2FNO2/c25-21-10-9-17(12-22(21)26)24(29)28-13-18-6-2-1-5-16(18)11-20(28)15-30-14-19-7-3-4-8-23(19)27/h1-10,12,20H,11,13-15H2/t20-/m0/s1. The summed E-state index contributed by atoms with van der Waals surface area (Å²) in [7, 11) is 0. The Bertz CT molecular complexity index is 1070. The normalized spacial score (nSPS) is 15.7. The molecule has 6 heteroatoms. The van der Waals surface area contributed by atoms with Crippen LogP contribution in [0.2, 0.25) is 10.0 Å². The maximum absolute atomic E-state index is 13.9. The number of carbonyl (C=O) groups is 1.